The molecule has 0 amide bonds. The second kappa shape index (κ2) is 25.9. The summed E-state index contributed by atoms with van der Waals surface area (Å²) >= 11 is 0. The summed E-state index contributed by atoms with van der Waals surface area (Å²) in [7, 11) is -3.78. The fraction of sp³-hybridized carbons (Fsp3) is 0.0485. The molecule has 0 atom stereocenters. The second-order valence-electron chi connectivity index (χ2n) is 30.7. The summed E-state index contributed by atoms with van der Waals surface area (Å²) in [4.78, 5) is 25.8. The van der Waals surface area contributed by atoms with E-state index in [0.717, 1.165) is 88.9 Å². The lowest BCUT2D eigenvalue weighted by Crippen LogP contribution is -2.49. The molecule has 4 aromatic heterocycles. The Morgan fingerprint density at radius 1 is 0.297 bits per heavy atom. The fourth-order valence-electron chi connectivity index (χ4n) is 19.0. The highest BCUT2D eigenvalue weighted by Crippen LogP contribution is 2.57. The molecule has 0 saturated carbocycles. The SMILES string of the molecule is C[Si]1(C)c2ccccc2-c2c1ccc1nc(-c3cccc(-c4cccc(C5(c6ccccc6)c6ccccc6-c6ccccc65)c4)c3)nc(-c3ccccc3)c21.C[Si]1(C)c2ccccc2-c2c1ccc1nc(-n3c4ccccc4c4c5ccccc5c5c6ccccc6[nH]c5c43)nc(-c3ccccc3)c21.c1ccccc1. The van der Waals surface area contributed by atoms with Gasteiger partial charge in [0.25, 0.3) is 0 Å². The van der Waals surface area contributed by atoms with E-state index in [9.17, 15) is 0 Å². The fourth-order valence-corrected chi connectivity index (χ4v) is 25.1. The van der Waals surface area contributed by atoms with Gasteiger partial charge in [-0.3, -0.25) is 4.57 Å². The number of fused-ring (bicyclic) bond motifs is 23. The van der Waals surface area contributed by atoms with E-state index in [1.54, 1.807) is 0 Å². The van der Waals surface area contributed by atoms with Gasteiger partial charge in [-0.25, -0.2) is 19.9 Å². The monoisotopic (exact) mass is 1450 g/mol. The number of H-pyrrole nitrogens is 1. The molecule has 1 N–H and O–H groups in total. The highest BCUT2D eigenvalue weighted by molar-refractivity contribution is 7.04. The predicted molar refractivity (Wildman–Crippen MR) is 470 cm³/mol. The van der Waals surface area contributed by atoms with Crippen LogP contribution < -0.4 is 20.7 Å². The Kier molecular flexibility index (Phi) is 15.3. The molecule has 1 aliphatic carbocycles. The molecule has 0 unspecified atom stereocenters. The van der Waals surface area contributed by atoms with Crippen LogP contribution in [0.1, 0.15) is 22.3 Å². The van der Waals surface area contributed by atoms with Gasteiger partial charge in [0.2, 0.25) is 5.95 Å². The van der Waals surface area contributed by atoms with E-state index in [4.69, 9.17) is 19.9 Å². The first-order chi connectivity index (χ1) is 54.6. The maximum Gasteiger partial charge on any atom is 0.235 e. The van der Waals surface area contributed by atoms with Crippen molar-refractivity contribution in [1.29, 1.82) is 0 Å². The van der Waals surface area contributed by atoms with Crippen LogP contribution in [0.4, 0.5) is 0 Å². The van der Waals surface area contributed by atoms with E-state index in [1.807, 2.05) is 36.4 Å². The molecule has 8 heteroatoms. The largest absolute Gasteiger partial charge is 0.353 e. The minimum atomic E-state index is -1.90. The van der Waals surface area contributed by atoms with Gasteiger partial charge < -0.3 is 4.98 Å². The Morgan fingerprint density at radius 3 is 1.33 bits per heavy atom. The first-order valence-electron chi connectivity index (χ1n) is 38.4. The average molecular weight is 1450 g/mol. The standard InChI is InChI=1S/C53H38N2Si.C44H30N4Si.C6H6/c1-56(2)47-30-14-11-27-43(47)49-48(56)32-31-46-50(49)51(35-17-5-3-6-18-35)55-52(54-46)38-21-15-19-36(33-38)37-20-16-24-40(34-37)53(39-22-7-4-8-23-39)44-28-12-9-25-41(44)42-26-10-13-29-45(42)53;1-49(2)35-23-13-10-20-31(35)39-36(49)25-24-33-40(39)41(26-14-4-3-5-15-26)47-44(46-33)48-34-22-12-9-19-30(34)38-28-17-7-6-16-27(28)37-29-18-8-11-21-32(29)45-42(37)43(38)48;1-2-4-6-5-3-1/h3-34H,1-2H3;3-25,45H,1-2H3;1-6H. The molecule has 20 aromatic rings. The quantitative estimate of drug-likeness (QED) is 0.161. The van der Waals surface area contributed by atoms with Gasteiger partial charge in [0.05, 0.1) is 44.4 Å². The van der Waals surface area contributed by atoms with E-state index in [2.05, 4.69) is 369 Å². The molecule has 16 aromatic carbocycles. The van der Waals surface area contributed by atoms with Crippen molar-refractivity contribution in [1.82, 2.24) is 29.5 Å². The van der Waals surface area contributed by atoms with Gasteiger partial charge in [-0.05, 0) is 135 Å². The summed E-state index contributed by atoms with van der Waals surface area (Å²) in [6.07, 6.45) is 0. The van der Waals surface area contributed by atoms with Crippen LogP contribution in [0, 0.1) is 0 Å². The van der Waals surface area contributed by atoms with Crippen molar-refractivity contribution < 1.29 is 0 Å². The van der Waals surface area contributed by atoms with Gasteiger partial charge in [0, 0.05) is 54.5 Å². The topological polar surface area (TPSA) is 72.3 Å². The highest BCUT2D eigenvalue weighted by Gasteiger charge is 2.47. The molecule has 23 rings (SSSR count). The first kappa shape index (κ1) is 65.8. The number of rotatable bonds is 7. The van der Waals surface area contributed by atoms with Crippen LogP contribution in [-0.4, -0.2) is 45.6 Å². The third kappa shape index (κ3) is 10.1. The molecule has 0 spiro atoms. The summed E-state index contributed by atoms with van der Waals surface area (Å²) in [5.41, 5.74) is 26.4. The molecule has 524 valence electrons. The Balaban J connectivity index is 0.000000132. The molecule has 0 fully saturated rings. The van der Waals surface area contributed by atoms with Crippen molar-refractivity contribution in [2.45, 2.75) is 31.6 Å². The lowest BCUT2D eigenvalue weighted by molar-refractivity contribution is 0.769. The summed E-state index contributed by atoms with van der Waals surface area (Å²) in [6, 6.07) is 133. The molecule has 0 bridgehead atoms. The summed E-state index contributed by atoms with van der Waals surface area (Å²) < 4.78 is 2.31. The van der Waals surface area contributed by atoms with Gasteiger partial charge in [0.1, 0.15) is 16.1 Å². The summed E-state index contributed by atoms with van der Waals surface area (Å²) in [5.74, 6) is 1.41. The number of aromatic amines is 1. The molecule has 6 nitrogen and oxygen atoms in total. The van der Waals surface area contributed by atoms with Gasteiger partial charge in [-0.15, -0.1) is 0 Å². The zero-order valence-electron chi connectivity index (χ0n) is 62.0. The molecule has 2 aliphatic heterocycles. The number of benzene rings is 16. The molecule has 111 heavy (non-hydrogen) atoms. The lowest BCUT2D eigenvalue weighted by atomic mass is 9.67. The maximum absolute atomic E-state index is 5.61. The van der Waals surface area contributed by atoms with E-state index < -0.39 is 21.6 Å². The van der Waals surface area contributed by atoms with Crippen LogP contribution in [0.3, 0.4) is 0 Å². The van der Waals surface area contributed by atoms with Gasteiger partial charge >= 0.3 is 0 Å². The zero-order valence-corrected chi connectivity index (χ0v) is 64.0. The maximum atomic E-state index is 5.61. The Bertz CT molecular complexity index is 7070. The second-order valence-corrected chi connectivity index (χ2v) is 39.3. The third-order valence-electron chi connectivity index (χ3n) is 24.0. The molecular formula is C103H74N6Si2. The number of nitrogens with one attached hydrogen (secondary N) is 1. The molecular weight excluding hydrogens is 1380 g/mol. The van der Waals surface area contributed by atoms with Crippen LogP contribution >= 0.6 is 0 Å². The van der Waals surface area contributed by atoms with Gasteiger partial charge in [-0.1, -0.05) is 360 Å². The van der Waals surface area contributed by atoms with Gasteiger partial charge in [0.15, 0.2) is 5.82 Å². The van der Waals surface area contributed by atoms with Crippen molar-refractivity contribution in [3.05, 3.63) is 392 Å². The number of nitrogens with zero attached hydrogens (tertiary/aromatic N) is 5. The van der Waals surface area contributed by atoms with E-state index in [1.165, 1.54) is 109 Å². The number of aromatic nitrogens is 6. The predicted octanol–water partition coefficient (Wildman–Crippen LogP) is 23.5. The Labute approximate surface area is 646 Å². The average Bonchev–Trinajstić information content (AvgIpc) is 1.55. The van der Waals surface area contributed by atoms with Crippen LogP contribution in [0.25, 0.3) is 161 Å². The lowest BCUT2D eigenvalue weighted by Gasteiger charge is -2.34. The van der Waals surface area contributed by atoms with Crippen LogP contribution in [0.2, 0.25) is 26.2 Å². The van der Waals surface area contributed by atoms with Gasteiger partial charge in [-0.2, -0.15) is 0 Å². The number of hydrogen-bond acceptors (Lipinski definition) is 4. The van der Waals surface area contributed by atoms with Crippen LogP contribution in [0.5, 0.6) is 0 Å². The summed E-state index contributed by atoms with van der Waals surface area (Å²) in [5, 5.41) is 15.5. The molecule has 0 radical (unpaired) electrons. The highest BCUT2D eigenvalue weighted by atomic mass is 28.3. The number of para-hydroxylation sites is 2. The Hall–Kier alpha value is -13.5. The van der Waals surface area contributed by atoms with E-state index in [-0.39, 0.29) is 0 Å². The summed E-state index contributed by atoms with van der Waals surface area (Å²) in [6.45, 7) is 9.87. The van der Waals surface area contributed by atoms with Crippen molar-refractivity contribution in [2.24, 2.45) is 0 Å². The van der Waals surface area contributed by atoms with Crippen molar-refractivity contribution in [3.8, 4) is 84.4 Å². The Morgan fingerprint density at radius 2 is 0.730 bits per heavy atom. The van der Waals surface area contributed by atoms with E-state index in [0.29, 0.717) is 5.95 Å². The van der Waals surface area contributed by atoms with Crippen molar-refractivity contribution in [3.63, 3.8) is 0 Å². The molecule has 3 aliphatic rings. The molecule has 0 saturated heterocycles. The minimum absolute atomic E-state index is 0.454. The van der Waals surface area contributed by atoms with Crippen molar-refractivity contribution >= 4 is 113 Å². The number of hydrogen-bond donors (Lipinski definition) is 1. The minimum Gasteiger partial charge on any atom is -0.353 e. The van der Waals surface area contributed by atoms with E-state index >= 15 is 0 Å². The normalized spacial score (nSPS) is 13.6. The van der Waals surface area contributed by atoms with Crippen molar-refractivity contribution in [2.75, 3.05) is 0 Å². The molecule has 6 heterocycles. The van der Waals surface area contributed by atoms with Crippen LogP contribution in [-0.2, 0) is 5.41 Å². The third-order valence-corrected chi connectivity index (χ3v) is 31.0. The smallest absolute Gasteiger partial charge is 0.235 e. The zero-order chi connectivity index (χ0) is 74.1. The first-order valence-corrected chi connectivity index (χ1v) is 44.4. The van der Waals surface area contributed by atoms with Crippen LogP contribution in [0.15, 0.2) is 370 Å².